The SMILES string of the molecule is CC(CC(CC(C)c1ccc(O)cc1)c1cccc(O)c1)C(=O)OC(C)(C)C. The number of ether oxygens (including phenoxy) is 1. The lowest BCUT2D eigenvalue weighted by Gasteiger charge is -2.27. The molecule has 3 atom stereocenters. The summed E-state index contributed by atoms with van der Waals surface area (Å²) in [6, 6.07) is 14.5. The van der Waals surface area contributed by atoms with Gasteiger partial charge in [-0.2, -0.15) is 0 Å². The minimum Gasteiger partial charge on any atom is -0.508 e. The van der Waals surface area contributed by atoms with Gasteiger partial charge in [0, 0.05) is 0 Å². The molecule has 0 radical (unpaired) electrons. The van der Waals surface area contributed by atoms with Gasteiger partial charge in [0.2, 0.25) is 0 Å². The average Bonchev–Trinajstić information content (AvgIpc) is 2.60. The van der Waals surface area contributed by atoms with Gasteiger partial charge in [-0.15, -0.1) is 0 Å². The minimum atomic E-state index is -0.509. The molecule has 0 spiro atoms. The van der Waals surface area contributed by atoms with Crippen molar-refractivity contribution in [3.8, 4) is 11.5 Å². The van der Waals surface area contributed by atoms with E-state index in [2.05, 4.69) is 6.92 Å². The summed E-state index contributed by atoms with van der Waals surface area (Å²) in [5.41, 5.74) is 1.64. The van der Waals surface area contributed by atoms with Gasteiger partial charge in [0.15, 0.2) is 0 Å². The molecule has 0 bridgehead atoms. The summed E-state index contributed by atoms with van der Waals surface area (Å²) in [7, 11) is 0. The summed E-state index contributed by atoms with van der Waals surface area (Å²) < 4.78 is 5.55. The van der Waals surface area contributed by atoms with Crippen molar-refractivity contribution in [3.05, 3.63) is 59.7 Å². The molecule has 0 aliphatic heterocycles. The van der Waals surface area contributed by atoms with E-state index in [1.54, 1.807) is 24.3 Å². The van der Waals surface area contributed by atoms with E-state index in [4.69, 9.17) is 4.74 Å². The Hall–Kier alpha value is -2.49. The number of hydrogen-bond donors (Lipinski definition) is 2. The fourth-order valence-corrected chi connectivity index (χ4v) is 3.44. The van der Waals surface area contributed by atoms with Crippen molar-refractivity contribution in [1.29, 1.82) is 0 Å². The van der Waals surface area contributed by atoms with Gasteiger partial charge in [-0.1, -0.05) is 38.1 Å². The highest BCUT2D eigenvalue weighted by Crippen LogP contribution is 2.36. The zero-order chi connectivity index (χ0) is 20.9. The average molecular weight is 385 g/mol. The van der Waals surface area contributed by atoms with Gasteiger partial charge in [-0.25, -0.2) is 0 Å². The zero-order valence-corrected chi connectivity index (χ0v) is 17.5. The Morgan fingerprint density at radius 1 is 0.929 bits per heavy atom. The molecule has 2 rings (SSSR count). The maximum atomic E-state index is 12.5. The van der Waals surface area contributed by atoms with Crippen molar-refractivity contribution in [3.63, 3.8) is 0 Å². The van der Waals surface area contributed by atoms with E-state index >= 15 is 0 Å². The normalized spacial score (nSPS) is 14.9. The first-order valence-electron chi connectivity index (χ1n) is 9.86. The molecule has 0 aliphatic carbocycles. The number of carbonyl (C=O) groups excluding carboxylic acids is 1. The van der Waals surface area contributed by atoms with Gasteiger partial charge in [0.1, 0.15) is 17.1 Å². The smallest absolute Gasteiger partial charge is 0.309 e. The van der Waals surface area contributed by atoms with Crippen LogP contribution in [0.4, 0.5) is 0 Å². The van der Waals surface area contributed by atoms with E-state index in [9.17, 15) is 15.0 Å². The van der Waals surface area contributed by atoms with Crippen LogP contribution in [0.2, 0.25) is 0 Å². The number of phenols is 2. The number of hydrogen-bond acceptors (Lipinski definition) is 4. The summed E-state index contributed by atoms with van der Waals surface area (Å²) in [5.74, 6) is 0.356. The summed E-state index contributed by atoms with van der Waals surface area (Å²) in [6.45, 7) is 9.65. The summed E-state index contributed by atoms with van der Waals surface area (Å²) >= 11 is 0. The van der Waals surface area contributed by atoms with Crippen LogP contribution in [-0.4, -0.2) is 21.8 Å². The molecule has 4 nitrogen and oxygen atoms in total. The number of rotatable bonds is 7. The van der Waals surface area contributed by atoms with Crippen LogP contribution in [0.25, 0.3) is 0 Å². The number of benzene rings is 2. The second kappa shape index (κ2) is 9.13. The summed E-state index contributed by atoms with van der Waals surface area (Å²) in [6.07, 6.45) is 1.46. The Kier molecular flexibility index (Phi) is 7.11. The van der Waals surface area contributed by atoms with E-state index in [0.29, 0.717) is 6.42 Å². The van der Waals surface area contributed by atoms with Crippen molar-refractivity contribution >= 4 is 5.97 Å². The molecule has 3 unspecified atom stereocenters. The predicted octanol–water partition coefficient (Wildman–Crippen LogP) is 5.74. The van der Waals surface area contributed by atoms with E-state index < -0.39 is 5.60 Å². The highest BCUT2D eigenvalue weighted by Gasteiger charge is 2.26. The lowest BCUT2D eigenvalue weighted by molar-refractivity contribution is -0.159. The third-order valence-electron chi connectivity index (χ3n) is 4.89. The van der Waals surface area contributed by atoms with Crippen molar-refractivity contribution in [2.24, 2.45) is 5.92 Å². The Morgan fingerprint density at radius 2 is 1.57 bits per heavy atom. The van der Waals surface area contributed by atoms with E-state index in [0.717, 1.165) is 17.5 Å². The molecule has 0 saturated heterocycles. The number of aromatic hydroxyl groups is 2. The predicted molar refractivity (Wildman–Crippen MR) is 112 cm³/mol. The Labute approximate surface area is 168 Å². The Morgan fingerprint density at radius 3 is 2.14 bits per heavy atom. The number of esters is 1. The molecule has 0 aliphatic rings. The fourth-order valence-electron chi connectivity index (χ4n) is 3.44. The number of carbonyl (C=O) groups is 1. The van der Waals surface area contributed by atoms with Crippen LogP contribution in [-0.2, 0) is 9.53 Å². The fraction of sp³-hybridized carbons (Fsp3) is 0.458. The quantitative estimate of drug-likeness (QED) is 0.597. The topological polar surface area (TPSA) is 66.8 Å². The first kappa shape index (κ1) is 21.8. The van der Waals surface area contributed by atoms with Crippen LogP contribution in [0.15, 0.2) is 48.5 Å². The van der Waals surface area contributed by atoms with Gasteiger partial charge in [-0.3, -0.25) is 4.79 Å². The van der Waals surface area contributed by atoms with E-state index in [1.165, 1.54) is 0 Å². The molecule has 0 aromatic heterocycles. The first-order valence-corrected chi connectivity index (χ1v) is 9.86. The molecule has 2 aromatic carbocycles. The molecule has 2 aromatic rings. The molecular weight excluding hydrogens is 352 g/mol. The Bertz CT molecular complexity index is 774. The lowest BCUT2D eigenvalue weighted by atomic mass is 9.81. The zero-order valence-electron chi connectivity index (χ0n) is 17.5. The second-order valence-electron chi connectivity index (χ2n) is 8.69. The molecule has 28 heavy (non-hydrogen) atoms. The highest BCUT2D eigenvalue weighted by molar-refractivity contribution is 5.72. The van der Waals surface area contributed by atoms with Crippen molar-refractivity contribution in [1.82, 2.24) is 0 Å². The largest absolute Gasteiger partial charge is 0.508 e. The van der Waals surface area contributed by atoms with Gasteiger partial charge >= 0.3 is 5.97 Å². The molecule has 152 valence electrons. The van der Waals surface area contributed by atoms with Crippen LogP contribution in [0.3, 0.4) is 0 Å². The van der Waals surface area contributed by atoms with Crippen LogP contribution < -0.4 is 0 Å². The van der Waals surface area contributed by atoms with Gasteiger partial charge in [-0.05, 0) is 80.8 Å². The third-order valence-corrected chi connectivity index (χ3v) is 4.89. The van der Waals surface area contributed by atoms with Crippen LogP contribution in [0.1, 0.15) is 70.4 Å². The van der Waals surface area contributed by atoms with Crippen molar-refractivity contribution in [2.45, 2.75) is 64.9 Å². The molecule has 0 saturated carbocycles. The molecular formula is C24H32O4. The first-order chi connectivity index (χ1) is 13.0. The Balaban J connectivity index is 2.19. The molecule has 0 amide bonds. The van der Waals surface area contributed by atoms with Crippen molar-refractivity contribution < 1.29 is 19.7 Å². The second-order valence-corrected chi connectivity index (χ2v) is 8.69. The van der Waals surface area contributed by atoms with Crippen LogP contribution in [0.5, 0.6) is 11.5 Å². The molecule has 4 heteroatoms. The minimum absolute atomic E-state index is 0.0958. The third kappa shape index (κ3) is 6.59. The lowest BCUT2D eigenvalue weighted by Crippen LogP contribution is -2.28. The van der Waals surface area contributed by atoms with E-state index in [1.807, 2.05) is 52.0 Å². The maximum absolute atomic E-state index is 12.5. The standard InChI is InChI=1S/C24H32O4/c1-16(18-9-11-21(25)12-10-18)13-20(19-7-6-8-22(26)15-19)14-17(2)23(27)28-24(3,4)5/h6-12,15-17,20,25-26H,13-14H2,1-5H3. The molecule has 0 fully saturated rings. The van der Waals surface area contributed by atoms with E-state index in [-0.39, 0.29) is 35.2 Å². The summed E-state index contributed by atoms with van der Waals surface area (Å²) in [4.78, 5) is 12.5. The molecule has 0 heterocycles. The van der Waals surface area contributed by atoms with Gasteiger partial charge in [0.25, 0.3) is 0 Å². The van der Waals surface area contributed by atoms with Gasteiger partial charge in [0.05, 0.1) is 5.92 Å². The van der Waals surface area contributed by atoms with Crippen molar-refractivity contribution in [2.75, 3.05) is 0 Å². The monoisotopic (exact) mass is 384 g/mol. The maximum Gasteiger partial charge on any atom is 0.309 e. The number of phenolic OH excluding ortho intramolecular Hbond substituents is 2. The highest BCUT2D eigenvalue weighted by atomic mass is 16.6. The molecule has 2 N–H and O–H groups in total. The summed E-state index contributed by atoms with van der Waals surface area (Å²) in [5, 5.41) is 19.4. The van der Waals surface area contributed by atoms with Crippen LogP contribution >= 0.6 is 0 Å². The van der Waals surface area contributed by atoms with Gasteiger partial charge < -0.3 is 14.9 Å². The van der Waals surface area contributed by atoms with Crippen LogP contribution in [0, 0.1) is 5.92 Å².